The van der Waals surface area contributed by atoms with Gasteiger partial charge in [0.05, 0.1) is 12.1 Å². The van der Waals surface area contributed by atoms with E-state index in [1.807, 2.05) is 31.6 Å². The largest absolute Gasteiger partial charge is 0.372 e. The third-order valence-electron chi connectivity index (χ3n) is 5.09. The van der Waals surface area contributed by atoms with Crippen LogP contribution in [0.25, 0.3) is 0 Å². The summed E-state index contributed by atoms with van der Waals surface area (Å²) in [6, 6.07) is 4.42. The summed E-state index contributed by atoms with van der Waals surface area (Å²) in [4.78, 5) is 23.5. The maximum Gasteiger partial charge on any atom is 0.226 e. The lowest BCUT2D eigenvalue weighted by Crippen LogP contribution is -2.45. The zero-order valence-corrected chi connectivity index (χ0v) is 17.6. The van der Waals surface area contributed by atoms with Crippen LogP contribution in [0.3, 0.4) is 0 Å². The number of aromatic nitrogens is 2. The van der Waals surface area contributed by atoms with Crippen molar-refractivity contribution in [2.24, 2.45) is 0 Å². The van der Waals surface area contributed by atoms with Crippen LogP contribution in [0.15, 0.2) is 29.9 Å². The molecule has 0 bridgehead atoms. The van der Waals surface area contributed by atoms with Crippen molar-refractivity contribution in [3.05, 3.63) is 46.2 Å². The number of nitrogens with zero attached hydrogens (tertiary/aromatic N) is 3. The predicted octanol–water partition coefficient (Wildman–Crippen LogP) is 3.00. The van der Waals surface area contributed by atoms with E-state index in [-0.39, 0.29) is 18.1 Å². The Balaban J connectivity index is 1.37. The van der Waals surface area contributed by atoms with E-state index >= 15 is 0 Å². The Bertz CT molecular complexity index is 729. The Morgan fingerprint density at radius 3 is 2.82 bits per heavy atom. The van der Waals surface area contributed by atoms with Crippen LogP contribution in [0.2, 0.25) is 0 Å². The van der Waals surface area contributed by atoms with Crippen molar-refractivity contribution in [1.29, 1.82) is 0 Å². The van der Waals surface area contributed by atoms with E-state index in [1.165, 1.54) is 5.56 Å². The summed E-state index contributed by atoms with van der Waals surface area (Å²) in [7, 11) is 0. The number of thiazole rings is 1. The molecule has 0 radical (unpaired) electrons. The fourth-order valence-corrected chi connectivity index (χ4v) is 4.32. The number of ether oxygens (including phenoxy) is 1. The number of piperidine rings is 1. The number of carbonyl (C=O) groups excluding carboxylic acids is 1. The summed E-state index contributed by atoms with van der Waals surface area (Å²) in [6.45, 7) is 7.76. The lowest BCUT2D eigenvalue weighted by atomic mass is 10.0. The topological polar surface area (TPSA) is 67.3 Å². The third kappa shape index (κ3) is 6.36. The Labute approximate surface area is 171 Å². The Morgan fingerprint density at radius 1 is 1.36 bits per heavy atom. The molecular weight excluding hydrogens is 372 g/mol. The van der Waals surface area contributed by atoms with Gasteiger partial charge in [0.15, 0.2) is 0 Å². The van der Waals surface area contributed by atoms with E-state index in [9.17, 15) is 4.79 Å². The molecule has 0 saturated carbocycles. The minimum Gasteiger partial charge on any atom is -0.372 e. The monoisotopic (exact) mass is 402 g/mol. The van der Waals surface area contributed by atoms with Crippen LogP contribution < -0.4 is 5.32 Å². The summed E-state index contributed by atoms with van der Waals surface area (Å²) in [5.41, 5.74) is 2.16. The molecule has 1 aliphatic heterocycles. The summed E-state index contributed by atoms with van der Waals surface area (Å²) in [5, 5.41) is 6.09. The molecule has 2 aromatic heterocycles. The number of likely N-dealkylation sites (tertiary alicyclic amines) is 1. The molecule has 1 saturated heterocycles. The van der Waals surface area contributed by atoms with E-state index in [2.05, 4.69) is 32.3 Å². The number of amides is 1. The molecule has 152 valence electrons. The van der Waals surface area contributed by atoms with E-state index < -0.39 is 0 Å². The van der Waals surface area contributed by atoms with Gasteiger partial charge in [-0.3, -0.25) is 9.78 Å². The summed E-state index contributed by atoms with van der Waals surface area (Å²) >= 11 is 1.56. The number of hydrogen-bond donors (Lipinski definition) is 1. The highest BCUT2D eigenvalue weighted by Gasteiger charge is 2.21. The molecule has 7 heteroatoms. The number of rotatable bonds is 9. The SMILES string of the molecule is CCOC(C)c1nc(CC(=O)NC2CCN(CCc3ccncc3)CC2)cs1. The Kier molecular flexibility index (Phi) is 7.94. The molecule has 1 N–H and O–H groups in total. The van der Waals surface area contributed by atoms with Gasteiger partial charge in [-0.1, -0.05) is 0 Å². The molecule has 28 heavy (non-hydrogen) atoms. The van der Waals surface area contributed by atoms with Gasteiger partial charge >= 0.3 is 0 Å². The van der Waals surface area contributed by atoms with Crippen LogP contribution in [-0.2, 0) is 22.4 Å². The van der Waals surface area contributed by atoms with Gasteiger partial charge in [0.25, 0.3) is 0 Å². The molecule has 6 nitrogen and oxygen atoms in total. The van der Waals surface area contributed by atoms with Crippen LogP contribution in [-0.4, -0.2) is 53.1 Å². The van der Waals surface area contributed by atoms with E-state index in [4.69, 9.17) is 4.74 Å². The van der Waals surface area contributed by atoms with Gasteiger partial charge < -0.3 is 15.0 Å². The normalized spacial score (nSPS) is 16.8. The quantitative estimate of drug-likeness (QED) is 0.698. The second-order valence-electron chi connectivity index (χ2n) is 7.24. The van der Waals surface area contributed by atoms with Gasteiger partial charge in [-0.05, 0) is 50.8 Å². The second-order valence-corrected chi connectivity index (χ2v) is 8.13. The van der Waals surface area contributed by atoms with Gasteiger partial charge in [-0.15, -0.1) is 11.3 Å². The van der Waals surface area contributed by atoms with E-state index in [1.54, 1.807) is 11.3 Å². The molecule has 3 heterocycles. The first-order valence-electron chi connectivity index (χ1n) is 10.1. The van der Waals surface area contributed by atoms with Crippen LogP contribution in [0, 0.1) is 0 Å². The molecular formula is C21H30N4O2S. The molecule has 1 unspecified atom stereocenters. The second kappa shape index (κ2) is 10.6. The maximum absolute atomic E-state index is 12.4. The molecule has 0 spiro atoms. The smallest absolute Gasteiger partial charge is 0.226 e. The average molecular weight is 403 g/mol. The number of hydrogen-bond acceptors (Lipinski definition) is 6. The van der Waals surface area contributed by atoms with Crippen molar-refractivity contribution in [1.82, 2.24) is 20.2 Å². The molecule has 1 aliphatic rings. The van der Waals surface area contributed by atoms with Gasteiger partial charge in [0.2, 0.25) is 5.91 Å². The Hall–Kier alpha value is -1.83. The Morgan fingerprint density at radius 2 is 2.11 bits per heavy atom. The minimum atomic E-state index is -0.0108. The van der Waals surface area contributed by atoms with Crippen molar-refractivity contribution < 1.29 is 9.53 Å². The van der Waals surface area contributed by atoms with E-state index in [0.29, 0.717) is 13.0 Å². The highest BCUT2D eigenvalue weighted by Crippen LogP contribution is 2.21. The highest BCUT2D eigenvalue weighted by atomic mass is 32.1. The predicted molar refractivity (Wildman–Crippen MR) is 111 cm³/mol. The zero-order chi connectivity index (χ0) is 19.8. The van der Waals surface area contributed by atoms with Gasteiger partial charge in [0, 0.05) is 50.1 Å². The van der Waals surface area contributed by atoms with Crippen LogP contribution in [0.5, 0.6) is 0 Å². The van der Waals surface area contributed by atoms with Crippen LogP contribution in [0.1, 0.15) is 49.1 Å². The molecule has 1 atom stereocenters. The van der Waals surface area contributed by atoms with Gasteiger partial charge in [-0.2, -0.15) is 0 Å². The molecule has 1 amide bonds. The fourth-order valence-electron chi connectivity index (χ4n) is 3.49. The highest BCUT2D eigenvalue weighted by molar-refractivity contribution is 7.09. The first-order chi connectivity index (χ1) is 13.6. The summed E-state index contributed by atoms with van der Waals surface area (Å²) in [5.74, 6) is 0.0659. The zero-order valence-electron chi connectivity index (χ0n) is 16.8. The van der Waals surface area contributed by atoms with Crippen LogP contribution >= 0.6 is 11.3 Å². The average Bonchev–Trinajstić information content (AvgIpc) is 3.17. The van der Waals surface area contributed by atoms with Crippen molar-refractivity contribution in [3.8, 4) is 0 Å². The lowest BCUT2D eigenvalue weighted by Gasteiger charge is -2.32. The third-order valence-corrected chi connectivity index (χ3v) is 6.15. The van der Waals surface area contributed by atoms with Crippen molar-refractivity contribution in [3.63, 3.8) is 0 Å². The first kappa shape index (κ1) is 20.9. The number of carbonyl (C=O) groups is 1. The minimum absolute atomic E-state index is 0.0108. The summed E-state index contributed by atoms with van der Waals surface area (Å²) < 4.78 is 5.57. The molecule has 2 aromatic rings. The van der Waals surface area contributed by atoms with Crippen molar-refractivity contribution >= 4 is 17.2 Å². The molecule has 0 aliphatic carbocycles. The van der Waals surface area contributed by atoms with Crippen molar-refractivity contribution in [2.75, 3.05) is 26.2 Å². The van der Waals surface area contributed by atoms with Crippen LogP contribution in [0.4, 0.5) is 0 Å². The molecule has 3 rings (SSSR count). The van der Waals surface area contributed by atoms with Gasteiger partial charge in [-0.25, -0.2) is 4.98 Å². The summed E-state index contributed by atoms with van der Waals surface area (Å²) in [6.07, 6.45) is 7.09. The standard InChI is InChI=1S/C21H30N4O2S/c1-3-27-16(2)21-24-19(15-28-21)14-20(26)23-18-7-12-25(13-8-18)11-6-17-4-9-22-10-5-17/h4-5,9-10,15-16,18H,3,6-8,11-14H2,1-2H3,(H,23,26). The van der Waals surface area contributed by atoms with Crippen molar-refractivity contribution in [2.45, 2.75) is 51.7 Å². The lowest BCUT2D eigenvalue weighted by molar-refractivity contribution is -0.121. The van der Waals surface area contributed by atoms with E-state index in [0.717, 1.165) is 49.6 Å². The van der Waals surface area contributed by atoms with Gasteiger partial charge in [0.1, 0.15) is 11.1 Å². The number of pyridine rings is 1. The maximum atomic E-state index is 12.4. The molecule has 0 aromatic carbocycles. The molecule has 1 fully saturated rings. The fraction of sp³-hybridized carbons (Fsp3) is 0.571. The number of nitrogens with one attached hydrogen (secondary N) is 1. The first-order valence-corrected chi connectivity index (χ1v) is 11.0.